The van der Waals surface area contributed by atoms with E-state index in [-0.39, 0.29) is 0 Å². The number of rotatable bonds is 6. The molecule has 0 saturated carbocycles. The lowest BCUT2D eigenvalue weighted by atomic mass is 9.86. The first-order valence-corrected chi connectivity index (χ1v) is 6.96. The molecular formula is C13H25N5. The second-order valence-corrected chi connectivity index (χ2v) is 5.60. The number of nitrogens with one attached hydrogen (secondary N) is 1. The summed E-state index contributed by atoms with van der Waals surface area (Å²) in [6.07, 6.45) is 3.04. The maximum Gasteiger partial charge on any atom is 0.147 e. The Morgan fingerprint density at radius 2 is 2.22 bits per heavy atom. The summed E-state index contributed by atoms with van der Waals surface area (Å²) in [6.45, 7) is 13.1. The van der Waals surface area contributed by atoms with Gasteiger partial charge in [-0.2, -0.15) is 0 Å². The van der Waals surface area contributed by atoms with Crippen LogP contribution in [-0.2, 0) is 13.1 Å². The molecule has 102 valence electrons. The maximum atomic E-state index is 4.18. The summed E-state index contributed by atoms with van der Waals surface area (Å²) in [5.74, 6) is 1.10. The van der Waals surface area contributed by atoms with E-state index in [4.69, 9.17) is 0 Å². The standard InChI is InChI=1S/C13H25N5/c1-4-13(3,9-14-5-2)10-17-6-7-18-11-15-16-12(18)8-17/h11,14H,4-10H2,1-3H3. The quantitative estimate of drug-likeness (QED) is 0.823. The third-order valence-electron chi connectivity index (χ3n) is 3.98. The third-order valence-corrected chi connectivity index (χ3v) is 3.98. The van der Waals surface area contributed by atoms with Gasteiger partial charge in [-0.1, -0.05) is 20.8 Å². The molecule has 1 aliphatic rings. The van der Waals surface area contributed by atoms with Gasteiger partial charge in [0.2, 0.25) is 0 Å². The molecule has 5 heteroatoms. The van der Waals surface area contributed by atoms with E-state index in [2.05, 4.69) is 45.8 Å². The van der Waals surface area contributed by atoms with Crippen LogP contribution in [0.15, 0.2) is 6.33 Å². The Bertz CT molecular complexity index is 375. The van der Waals surface area contributed by atoms with Crippen molar-refractivity contribution in [2.45, 2.75) is 40.3 Å². The van der Waals surface area contributed by atoms with Crippen LogP contribution in [0, 0.1) is 5.41 Å². The van der Waals surface area contributed by atoms with Gasteiger partial charge >= 0.3 is 0 Å². The fraction of sp³-hybridized carbons (Fsp3) is 0.846. The molecule has 0 radical (unpaired) electrons. The maximum absolute atomic E-state index is 4.18. The van der Waals surface area contributed by atoms with Gasteiger partial charge in [0.1, 0.15) is 12.2 Å². The minimum absolute atomic E-state index is 0.345. The Morgan fingerprint density at radius 3 is 2.94 bits per heavy atom. The van der Waals surface area contributed by atoms with Crippen LogP contribution in [-0.4, -0.2) is 45.8 Å². The zero-order valence-electron chi connectivity index (χ0n) is 11.8. The summed E-state index contributed by atoms with van der Waals surface area (Å²) >= 11 is 0. The molecule has 0 bridgehead atoms. The van der Waals surface area contributed by atoms with E-state index in [9.17, 15) is 0 Å². The molecule has 0 aromatic carbocycles. The highest BCUT2D eigenvalue weighted by molar-refractivity contribution is 4.91. The van der Waals surface area contributed by atoms with E-state index in [0.717, 1.165) is 45.1 Å². The van der Waals surface area contributed by atoms with Gasteiger partial charge in [0, 0.05) is 26.2 Å². The van der Waals surface area contributed by atoms with Crippen molar-refractivity contribution in [2.24, 2.45) is 5.41 Å². The number of fused-ring (bicyclic) bond motifs is 1. The van der Waals surface area contributed by atoms with Crippen molar-refractivity contribution in [2.75, 3.05) is 26.2 Å². The monoisotopic (exact) mass is 251 g/mol. The van der Waals surface area contributed by atoms with E-state index < -0.39 is 0 Å². The van der Waals surface area contributed by atoms with Crippen LogP contribution in [0.4, 0.5) is 0 Å². The summed E-state index contributed by atoms with van der Waals surface area (Å²) in [7, 11) is 0. The largest absolute Gasteiger partial charge is 0.316 e. The highest BCUT2D eigenvalue weighted by Crippen LogP contribution is 2.23. The van der Waals surface area contributed by atoms with Crippen LogP contribution in [0.1, 0.15) is 33.0 Å². The molecule has 5 nitrogen and oxygen atoms in total. The molecule has 1 aromatic rings. The molecule has 1 atom stereocenters. The van der Waals surface area contributed by atoms with Gasteiger partial charge in [0.05, 0.1) is 6.54 Å². The van der Waals surface area contributed by atoms with Crippen LogP contribution >= 0.6 is 0 Å². The Kier molecular flexibility index (Phi) is 4.35. The first kappa shape index (κ1) is 13.5. The second kappa shape index (κ2) is 5.80. The minimum atomic E-state index is 0.345. The number of aromatic nitrogens is 3. The van der Waals surface area contributed by atoms with Gasteiger partial charge in [-0.25, -0.2) is 0 Å². The molecule has 1 unspecified atom stereocenters. The average Bonchev–Trinajstić information content (AvgIpc) is 2.84. The van der Waals surface area contributed by atoms with Gasteiger partial charge in [0.15, 0.2) is 0 Å². The zero-order chi connectivity index (χ0) is 13.0. The van der Waals surface area contributed by atoms with Crippen molar-refractivity contribution in [3.63, 3.8) is 0 Å². The Morgan fingerprint density at radius 1 is 1.39 bits per heavy atom. The molecule has 1 aromatic heterocycles. The zero-order valence-corrected chi connectivity index (χ0v) is 11.8. The first-order valence-electron chi connectivity index (χ1n) is 6.96. The van der Waals surface area contributed by atoms with Crippen molar-refractivity contribution in [3.8, 4) is 0 Å². The fourth-order valence-electron chi connectivity index (χ4n) is 2.51. The fourth-order valence-corrected chi connectivity index (χ4v) is 2.51. The molecular weight excluding hydrogens is 226 g/mol. The summed E-state index contributed by atoms with van der Waals surface area (Å²) < 4.78 is 2.16. The molecule has 0 amide bonds. The Hall–Kier alpha value is -0.940. The lowest BCUT2D eigenvalue weighted by molar-refractivity contribution is 0.127. The Labute approximate surface area is 110 Å². The van der Waals surface area contributed by atoms with Crippen LogP contribution in [0.25, 0.3) is 0 Å². The van der Waals surface area contributed by atoms with Crippen molar-refractivity contribution < 1.29 is 0 Å². The molecule has 1 N–H and O–H groups in total. The molecule has 0 saturated heterocycles. The lowest BCUT2D eigenvalue weighted by Crippen LogP contribution is -2.44. The topological polar surface area (TPSA) is 46.0 Å². The van der Waals surface area contributed by atoms with Crippen molar-refractivity contribution in [3.05, 3.63) is 12.2 Å². The highest BCUT2D eigenvalue weighted by Gasteiger charge is 2.27. The number of nitrogens with zero attached hydrogens (tertiary/aromatic N) is 4. The molecule has 2 heterocycles. The number of hydrogen-bond donors (Lipinski definition) is 1. The predicted molar refractivity (Wildman–Crippen MR) is 72.2 cm³/mol. The molecule has 2 rings (SSSR count). The summed E-state index contributed by atoms with van der Waals surface area (Å²) in [5, 5.41) is 11.6. The van der Waals surface area contributed by atoms with Crippen LogP contribution < -0.4 is 5.32 Å². The summed E-state index contributed by atoms with van der Waals surface area (Å²) in [5.41, 5.74) is 0.345. The van der Waals surface area contributed by atoms with E-state index in [1.165, 1.54) is 6.42 Å². The van der Waals surface area contributed by atoms with Crippen LogP contribution in [0.3, 0.4) is 0 Å². The average molecular weight is 251 g/mol. The van der Waals surface area contributed by atoms with Crippen molar-refractivity contribution in [1.82, 2.24) is 25.0 Å². The molecule has 18 heavy (non-hydrogen) atoms. The van der Waals surface area contributed by atoms with E-state index in [1.54, 1.807) is 0 Å². The Balaban J connectivity index is 1.93. The van der Waals surface area contributed by atoms with Crippen molar-refractivity contribution >= 4 is 0 Å². The first-order chi connectivity index (χ1) is 8.67. The van der Waals surface area contributed by atoms with Gasteiger partial charge in [-0.3, -0.25) is 4.90 Å². The smallest absolute Gasteiger partial charge is 0.147 e. The molecule has 0 aliphatic carbocycles. The van der Waals surface area contributed by atoms with Gasteiger partial charge in [-0.05, 0) is 18.4 Å². The van der Waals surface area contributed by atoms with Gasteiger partial charge in [-0.15, -0.1) is 10.2 Å². The summed E-state index contributed by atoms with van der Waals surface area (Å²) in [4.78, 5) is 2.50. The predicted octanol–water partition coefficient (Wildman–Crippen LogP) is 1.12. The van der Waals surface area contributed by atoms with Crippen LogP contribution in [0.2, 0.25) is 0 Å². The van der Waals surface area contributed by atoms with E-state index in [0.29, 0.717) is 5.41 Å². The van der Waals surface area contributed by atoms with E-state index >= 15 is 0 Å². The second-order valence-electron chi connectivity index (χ2n) is 5.60. The minimum Gasteiger partial charge on any atom is -0.316 e. The third kappa shape index (κ3) is 3.09. The molecule has 0 spiro atoms. The van der Waals surface area contributed by atoms with E-state index in [1.807, 2.05) is 6.33 Å². The molecule has 0 fully saturated rings. The van der Waals surface area contributed by atoms with Gasteiger partial charge in [0.25, 0.3) is 0 Å². The van der Waals surface area contributed by atoms with Gasteiger partial charge < -0.3 is 9.88 Å². The normalized spacial score (nSPS) is 19.5. The van der Waals surface area contributed by atoms with Crippen LogP contribution in [0.5, 0.6) is 0 Å². The number of hydrogen-bond acceptors (Lipinski definition) is 4. The molecule has 1 aliphatic heterocycles. The SMILES string of the molecule is CCNCC(C)(CC)CN1CCn2cnnc2C1. The highest BCUT2D eigenvalue weighted by atomic mass is 15.3. The lowest BCUT2D eigenvalue weighted by Gasteiger charge is -2.36. The summed E-state index contributed by atoms with van der Waals surface area (Å²) in [6, 6.07) is 0. The van der Waals surface area contributed by atoms with Crippen molar-refractivity contribution in [1.29, 1.82) is 0 Å².